The van der Waals surface area contributed by atoms with Gasteiger partial charge < -0.3 is 15.0 Å². The van der Waals surface area contributed by atoms with Crippen LogP contribution in [-0.2, 0) is 4.74 Å². The Labute approximate surface area is 112 Å². The first-order valence-electron chi connectivity index (χ1n) is 7.56. The molecular formula is C15H30N2O. The van der Waals surface area contributed by atoms with E-state index in [0.29, 0.717) is 10.8 Å². The molecule has 2 saturated heterocycles. The van der Waals surface area contributed by atoms with Crippen molar-refractivity contribution in [3.8, 4) is 0 Å². The van der Waals surface area contributed by atoms with E-state index in [0.717, 1.165) is 26.3 Å². The third kappa shape index (κ3) is 3.69. The number of likely N-dealkylation sites (tertiary alicyclic amines) is 1. The van der Waals surface area contributed by atoms with Crippen molar-refractivity contribution in [1.29, 1.82) is 0 Å². The third-order valence-corrected chi connectivity index (χ3v) is 4.43. The summed E-state index contributed by atoms with van der Waals surface area (Å²) in [7, 11) is 0. The highest BCUT2D eigenvalue weighted by molar-refractivity contribution is 4.92. The SMILES string of the molecule is CCCNCC1(CN2CCC(C)(C)C2)CCOC1. The number of ether oxygens (including phenoxy) is 1. The fourth-order valence-corrected chi connectivity index (χ4v) is 3.33. The maximum absolute atomic E-state index is 5.69. The minimum Gasteiger partial charge on any atom is -0.381 e. The smallest absolute Gasteiger partial charge is 0.0547 e. The highest BCUT2D eigenvalue weighted by Gasteiger charge is 2.39. The van der Waals surface area contributed by atoms with Crippen molar-refractivity contribution in [2.45, 2.75) is 40.0 Å². The van der Waals surface area contributed by atoms with Gasteiger partial charge in [-0.15, -0.1) is 0 Å². The molecule has 18 heavy (non-hydrogen) atoms. The zero-order chi connectivity index (χ0) is 13.1. The van der Waals surface area contributed by atoms with E-state index in [9.17, 15) is 0 Å². The second-order valence-electron chi connectivity index (χ2n) is 7.10. The largest absolute Gasteiger partial charge is 0.381 e. The van der Waals surface area contributed by atoms with E-state index in [1.165, 1.54) is 38.9 Å². The van der Waals surface area contributed by atoms with Crippen LogP contribution < -0.4 is 5.32 Å². The molecule has 0 aromatic carbocycles. The average molecular weight is 254 g/mol. The van der Waals surface area contributed by atoms with Crippen molar-refractivity contribution in [3.63, 3.8) is 0 Å². The molecule has 2 aliphatic heterocycles. The molecule has 2 heterocycles. The van der Waals surface area contributed by atoms with E-state index in [2.05, 4.69) is 31.0 Å². The monoisotopic (exact) mass is 254 g/mol. The first kappa shape index (κ1) is 14.3. The molecule has 0 aliphatic carbocycles. The summed E-state index contributed by atoms with van der Waals surface area (Å²) in [6, 6.07) is 0. The van der Waals surface area contributed by atoms with Gasteiger partial charge in [0, 0.05) is 31.7 Å². The van der Waals surface area contributed by atoms with Crippen LogP contribution in [0.5, 0.6) is 0 Å². The fourth-order valence-electron chi connectivity index (χ4n) is 3.33. The first-order valence-corrected chi connectivity index (χ1v) is 7.56. The summed E-state index contributed by atoms with van der Waals surface area (Å²) in [5.74, 6) is 0. The molecule has 2 rings (SSSR count). The predicted octanol–water partition coefficient (Wildman–Crippen LogP) is 2.12. The molecule has 0 aromatic heterocycles. The van der Waals surface area contributed by atoms with Gasteiger partial charge in [0.05, 0.1) is 6.61 Å². The second kappa shape index (κ2) is 5.89. The summed E-state index contributed by atoms with van der Waals surface area (Å²) in [6.45, 7) is 14.9. The number of hydrogen-bond donors (Lipinski definition) is 1. The van der Waals surface area contributed by atoms with E-state index in [4.69, 9.17) is 4.74 Å². The summed E-state index contributed by atoms with van der Waals surface area (Å²) in [5, 5.41) is 3.61. The van der Waals surface area contributed by atoms with Crippen LogP contribution in [-0.4, -0.2) is 50.8 Å². The Morgan fingerprint density at radius 2 is 2.11 bits per heavy atom. The molecule has 1 N–H and O–H groups in total. The van der Waals surface area contributed by atoms with E-state index in [1.807, 2.05) is 0 Å². The van der Waals surface area contributed by atoms with Crippen LogP contribution in [0.4, 0.5) is 0 Å². The summed E-state index contributed by atoms with van der Waals surface area (Å²) >= 11 is 0. The lowest BCUT2D eigenvalue weighted by molar-refractivity contribution is 0.114. The maximum Gasteiger partial charge on any atom is 0.0547 e. The van der Waals surface area contributed by atoms with Gasteiger partial charge >= 0.3 is 0 Å². The molecule has 2 aliphatic rings. The standard InChI is InChI=1S/C15H30N2O/c1-4-7-16-10-15(6-9-18-13-15)12-17-8-5-14(2,3)11-17/h16H,4-13H2,1-3H3. The second-order valence-corrected chi connectivity index (χ2v) is 7.10. The van der Waals surface area contributed by atoms with Crippen molar-refractivity contribution in [1.82, 2.24) is 10.2 Å². The Balaban J connectivity index is 1.86. The van der Waals surface area contributed by atoms with Crippen LogP contribution >= 0.6 is 0 Å². The molecule has 3 nitrogen and oxygen atoms in total. The zero-order valence-electron chi connectivity index (χ0n) is 12.4. The minimum atomic E-state index is 0.371. The molecular weight excluding hydrogens is 224 g/mol. The van der Waals surface area contributed by atoms with Gasteiger partial charge in [0.25, 0.3) is 0 Å². The van der Waals surface area contributed by atoms with Crippen molar-refractivity contribution < 1.29 is 4.74 Å². The van der Waals surface area contributed by atoms with E-state index in [-0.39, 0.29) is 0 Å². The van der Waals surface area contributed by atoms with Crippen LogP contribution in [0.15, 0.2) is 0 Å². The molecule has 0 aromatic rings. The lowest BCUT2D eigenvalue weighted by atomic mass is 9.86. The summed E-state index contributed by atoms with van der Waals surface area (Å²) in [5.41, 5.74) is 0.882. The molecule has 1 atom stereocenters. The highest BCUT2D eigenvalue weighted by atomic mass is 16.5. The van der Waals surface area contributed by atoms with Gasteiger partial charge in [0.2, 0.25) is 0 Å². The van der Waals surface area contributed by atoms with Crippen molar-refractivity contribution in [2.24, 2.45) is 10.8 Å². The Morgan fingerprint density at radius 1 is 1.28 bits per heavy atom. The summed E-state index contributed by atoms with van der Waals surface area (Å²) < 4.78 is 5.69. The van der Waals surface area contributed by atoms with Crippen LogP contribution in [0, 0.1) is 10.8 Å². The quantitative estimate of drug-likeness (QED) is 0.735. The molecule has 0 radical (unpaired) electrons. The van der Waals surface area contributed by atoms with Gasteiger partial charge in [-0.1, -0.05) is 20.8 Å². The third-order valence-electron chi connectivity index (χ3n) is 4.43. The molecule has 0 amide bonds. The number of nitrogens with zero attached hydrogens (tertiary/aromatic N) is 1. The number of rotatable bonds is 6. The van der Waals surface area contributed by atoms with Crippen LogP contribution in [0.25, 0.3) is 0 Å². The van der Waals surface area contributed by atoms with Crippen LogP contribution in [0.1, 0.15) is 40.0 Å². The lowest BCUT2D eigenvalue weighted by Gasteiger charge is -2.33. The Hall–Kier alpha value is -0.120. The maximum atomic E-state index is 5.69. The molecule has 1 unspecified atom stereocenters. The Morgan fingerprint density at radius 3 is 2.67 bits per heavy atom. The first-order chi connectivity index (χ1) is 8.55. The van der Waals surface area contributed by atoms with Gasteiger partial charge in [-0.3, -0.25) is 0 Å². The zero-order valence-corrected chi connectivity index (χ0v) is 12.4. The van der Waals surface area contributed by atoms with Gasteiger partial charge in [-0.25, -0.2) is 0 Å². The summed E-state index contributed by atoms with van der Waals surface area (Å²) in [6.07, 6.45) is 3.78. The average Bonchev–Trinajstić information content (AvgIpc) is 2.87. The van der Waals surface area contributed by atoms with Crippen molar-refractivity contribution in [2.75, 3.05) is 45.9 Å². The van der Waals surface area contributed by atoms with Crippen LogP contribution in [0.3, 0.4) is 0 Å². The molecule has 3 heteroatoms. The normalized spacial score (nSPS) is 32.2. The van der Waals surface area contributed by atoms with E-state index < -0.39 is 0 Å². The van der Waals surface area contributed by atoms with Gasteiger partial charge in [-0.05, 0) is 37.8 Å². The molecule has 0 spiro atoms. The van der Waals surface area contributed by atoms with Gasteiger partial charge in [0.15, 0.2) is 0 Å². The Kier molecular flexibility index (Phi) is 4.68. The lowest BCUT2D eigenvalue weighted by Crippen LogP contribution is -2.44. The Bertz CT molecular complexity index is 259. The molecule has 0 bridgehead atoms. The fraction of sp³-hybridized carbons (Fsp3) is 1.00. The topological polar surface area (TPSA) is 24.5 Å². The molecule has 2 fully saturated rings. The van der Waals surface area contributed by atoms with Gasteiger partial charge in [-0.2, -0.15) is 0 Å². The van der Waals surface area contributed by atoms with Crippen molar-refractivity contribution in [3.05, 3.63) is 0 Å². The minimum absolute atomic E-state index is 0.371. The highest BCUT2D eigenvalue weighted by Crippen LogP contribution is 2.34. The van der Waals surface area contributed by atoms with E-state index in [1.54, 1.807) is 0 Å². The molecule has 106 valence electrons. The van der Waals surface area contributed by atoms with Gasteiger partial charge in [0.1, 0.15) is 0 Å². The summed E-state index contributed by atoms with van der Waals surface area (Å²) in [4.78, 5) is 2.66. The molecule has 0 saturated carbocycles. The van der Waals surface area contributed by atoms with Crippen LogP contribution in [0.2, 0.25) is 0 Å². The van der Waals surface area contributed by atoms with E-state index >= 15 is 0 Å². The van der Waals surface area contributed by atoms with Crippen molar-refractivity contribution >= 4 is 0 Å². The predicted molar refractivity (Wildman–Crippen MR) is 75.9 cm³/mol. The number of nitrogens with one attached hydrogen (secondary N) is 1. The number of hydrogen-bond acceptors (Lipinski definition) is 3.